The molecule has 2 aliphatic rings. The summed E-state index contributed by atoms with van der Waals surface area (Å²) in [5, 5.41) is -1.46. The first-order valence-electron chi connectivity index (χ1n) is 51.9. The Labute approximate surface area is 681 Å². The SMILES string of the molecule is [2H]c1c([2H])c([2H])c2c(c1[2H])c1c([2H])c([2H])c([2H])c([2H])c1n2-c1cccc(-c2cc(C(C)(C)C)ccc2N2c3cc(-n4c5c([2H])c([2H])c([2H])c([2H])c5c5c([2H])c([2H])c([2H])c([2H])c54)ccc3B3c4ccc(-n5c6c([2H])c([2H])c([2H])c([2H])c6c6c([2H])c([2H])c([2H])c([2H])c65)cc4N(c4ccc(C(C)(C)C)cc4-c4cccc(-n5c6c([2H])c([2H])c([2H])c([2H])c6c6c([2H])c([2H])c([2H])c([2H])c65)c4)c4cc(C(C)(C)C)cc2c43)c1. The van der Waals surface area contributed by atoms with E-state index in [1.54, 1.807) is 60.7 Å². The lowest BCUT2D eigenvalue weighted by Gasteiger charge is -2.46. The molecule has 0 unspecified atom stereocenters. The summed E-state index contributed by atoms with van der Waals surface area (Å²) in [6.07, 6.45) is 0. The van der Waals surface area contributed by atoms with Crippen LogP contribution in [0.2, 0.25) is 0 Å². The zero-order chi connectivity index (χ0) is 101. The van der Waals surface area contributed by atoms with E-state index in [2.05, 4.69) is 12.1 Å². The molecule has 109 heavy (non-hydrogen) atoms. The Kier molecular flexibility index (Phi) is 8.67. The fraction of sp³-hybridized carbons (Fsp3) is 0.118. The molecule has 19 aromatic rings. The van der Waals surface area contributed by atoms with Crippen LogP contribution in [-0.4, -0.2) is 25.0 Å². The van der Waals surface area contributed by atoms with E-state index in [1.165, 1.54) is 18.3 Å². The number of anilines is 6. The van der Waals surface area contributed by atoms with Gasteiger partial charge in [-0.1, -0.05) is 256 Å². The monoisotopic (exact) mass is 1430 g/mol. The molecule has 6 heterocycles. The van der Waals surface area contributed by atoms with Crippen molar-refractivity contribution in [1.29, 1.82) is 0 Å². The molecule has 0 bridgehead atoms. The van der Waals surface area contributed by atoms with E-state index in [0.29, 0.717) is 78.3 Å². The molecule has 0 N–H and O–H groups in total. The Morgan fingerprint density at radius 3 is 0.807 bits per heavy atom. The van der Waals surface area contributed by atoms with Gasteiger partial charge >= 0.3 is 0 Å². The second kappa shape index (κ2) is 23.8. The summed E-state index contributed by atoms with van der Waals surface area (Å²) in [5.41, 5.74) is 5.21. The maximum absolute atomic E-state index is 9.90. The maximum Gasteiger partial charge on any atom is 0.252 e. The van der Waals surface area contributed by atoms with Gasteiger partial charge in [0.05, 0.1) is 99.4 Å². The second-order valence-corrected chi connectivity index (χ2v) is 31.0. The molecule has 522 valence electrons. The average Bonchev–Trinajstić information content (AvgIpc) is 1.11. The molecule has 0 radical (unpaired) electrons. The van der Waals surface area contributed by atoms with Gasteiger partial charge in [-0.2, -0.15) is 0 Å². The summed E-state index contributed by atoms with van der Waals surface area (Å²) < 4.78 is 306. The Morgan fingerprint density at radius 2 is 0.523 bits per heavy atom. The van der Waals surface area contributed by atoms with Gasteiger partial charge in [0.15, 0.2) is 0 Å². The van der Waals surface area contributed by atoms with Gasteiger partial charge in [0, 0.05) is 99.7 Å². The van der Waals surface area contributed by atoms with Crippen LogP contribution in [0.5, 0.6) is 0 Å². The van der Waals surface area contributed by atoms with Crippen molar-refractivity contribution < 1.29 is 43.9 Å². The molecular weight excluding hydrogens is 1320 g/mol. The number of hydrogen-bond acceptors (Lipinski definition) is 2. The van der Waals surface area contributed by atoms with E-state index < -0.39 is 216 Å². The molecule has 21 rings (SSSR count). The minimum absolute atomic E-state index is 0.126. The first kappa shape index (κ1) is 39.7. The Balaban J connectivity index is 0.934. The number of rotatable bonds is 8. The highest BCUT2D eigenvalue weighted by Gasteiger charge is 2.46. The molecule has 2 aliphatic heterocycles. The minimum atomic E-state index is -1.02. The second-order valence-electron chi connectivity index (χ2n) is 31.0. The van der Waals surface area contributed by atoms with Crippen molar-refractivity contribution in [3.8, 4) is 45.0 Å². The highest BCUT2D eigenvalue weighted by Crippen LogP contribution is 2.53. The molecule has 0 fully saturated rings. The van der Waals surface area contributed by atoms with Crippen LogP contribution in [0.1, 0.15) is 123 Å². The van der Waals surface area contributed by atoms with Crippen molar-refractivity contribution in [3.63, 3.8) is 0 Å². The Hall–Kier alpha value is -12.8. The van der Waals surface area contributed by atoms with E-state index in [9.17, 15) is 27.4 Å². The lowest BCUT2D eigenvalue weighted by Crippen LogP contribution is -2.61. The molecular formula is C102H81BN6. The van der Waals surface area contributed by atoms with Gasteiger partial charge in [-0.05, 0) is 194 Å². The zero-order valence-electron chi connectivity index (χ0n) is 92.5. The van der Waals surface area contributed by atoms with Crippen LogP contribution >= 0.6 is 0 Å². The number of aromatic nitrogens is 4. The molecule has 6 nitrogen and oxygen atoms in total. The van der Waals surface area contributed by atoms with Crippen LogP contribution in [0, 0.1) is 0 Å². The fourth-order valence-corrected chi connectivity index (χ4v) is 16.4. The highest BCUT2D eigenvalue weighted by atomic mass is 15.2. The highest BCUT2D eigenvalue weighted by molar-refractivity contribution is 7.00. The third-order valence-corrected chi connectivity index (χ3v) is 21.6. The molecule has 15 aromatic carbocycles. The molecule has 0 aliphatic carbocycles. The summed E-state index contributed by atoms with van der Waals surface area (Å²) in [4.78, 5) is 4.09. The van der Waals surface area contributed by atoms with Crippen molar-refractivity contribution in [2.24, 2.45) is 0 Å². The zero-order valence-corrected chi connectivity index (χ0v) is 60.5. The third-order valence-electron chi connectivity index (χ3n) is 21.6. The summed E-state index contributed by atoms with van der Waals surface area (Å²) >= 11 is 0. The molecule has 4 aromatic heterocycles. The number of fused-ring (bicyclic) bond motifs is 16. The predicted octanol–water partition coefficient (Wildman–Crippen LogP) is 25.4. The average molecular weight is 1430 g/mol. The van der Waals surface area contributed by atoms with Gasteiger partial charge in [0.1, 0.15) is 0 Å². The van der Waals surface area contributed by atoms with Crippen molar-refractivity contribution >= 4 is 144 Å². The molecule has 0 spiro atoms. The molecule has 0 atom stereocenters. The van der Waals surface area contributed by atoms with Crippen LogP contribution in [0.4, 0.5) is 34.1 Å². The van der Waals surface area contributed by atoms with E-state index >= 15 is 0 Å². The van der Waals surface area contributed by atoms with Crippen LogP contribution < -0.4 is 26.2 Å². The van der Waals surface area contributed by atoms with E-state index in [4.69, 9.17) is 16.4 Å². The molecule has 7 heteroatoms. The van der Waals surface area contributed by atoms with Crippen LogP contribution in [-0.2, 0) is 16.2 Å². The van der Waals surface area contributed by atoms with Crippen molar-refractivity contribution in [2.75, 3.05) is 9.80 Å². The molecule has 0 saturated heterocycles. The van der Waals surface area contributed by atoms with Gasteiger partial charge in [-0.15, -0.1) is 0 Å². The number of nitrogens with zero attached hydrogens (tertiary/aromatic N) is 6. The molecule has 0 amide bonds. The first-order chi connectivity index (χ1) is 66.3. The summed E-state index contributed by atoms with van der Waals surface area (Å²) in [7, 11) is 0. The summed E-state index contributed by atoms with van der Waals surface area (Å²) in [6, 6.07) is 21.0. The number of para-hydroxylation sites is 8. The largest absolute Gasteiger partial charge is 0.311 e. The van der Waals surface area contributed by atoms with Gasteiger partial charge < -0.3 is 28.1 Å². The minimum Gasteiger partial charge on any atom is -0.311 e. The summed E-state index contributed by atoms with van der Waals surface area (Å²) in [6.45, 7) is 17.2. The normalized spacial score (nSPS) is 17.2. The lowest BCUT2D eigenvalue weighted by molar-refractivity contribution is 0.590. The predicted molar refractivity (Wildman–Crippen MR) is 465 cm³/mol. The standard InChI is InChI=1S/C102H81BN6/c1-100(2,3)66-48-54-93(81(58-66)64-28-26-30-69(56-64)104-85-40-18-10-32-73(85)74-33-11-19-41-86(74)104)108-95-62-71(106-89-44-22-14-36-77(89)78-37-15-23-45-90(78)106)50-52-83(95)103-84-53-51-72(107-91-46-24-16-38-79(91)80-39-17-25-47-92(80)107)63-96(84)109(98-61-68(102(7,8)9)60-97(108)99(98)103)94-55-49-67(101(4,5)6)59-82(94)65-29-27-31-70(57-65)105-87-42-20-12-34-75(87)76-35-13-21-43-88(76)105/h10-63H,1-9H3/i10D,11D,12D,13D,14D,15D,16D,17D,18D,19D,20D,21D,22D,23D,24D,25D,32D,33D,34D,35D,36D,37D,38D,39D,40D,41D,42D,43D,44D,45D,46D,47D. The smallest absolute Gasteiger partial charge is 0.252 e. The third kappa shape index (κ3) is 9.88. The Morgan fingerprint density at radius 1 is 0.248 bits per heavy atom. The van der Waals surface area contributed by atoms with E-state index in [-0.39, 0.29) is 110 Å². The van der Waals surface area contributed by atoms with Crippen LogP contribution in [0.3, 0.4) is 0 Å². The molecule has 0 saturated carbocycles. The van der Waals surface area contributed by atoms with Crippen molar-refractivity contribution in [2.45, 2.75) is 78.6 Å². The first-order valence-corrected chi connectivity index (χ1v) is 35.9. The topological polar surface area (TPSA) is 26.2 Å². The number of hydrogen-bond donors (Lipinski definition) is 0. The fourth-order valence-electron chi connectivity index (χ4n) is 16.4. The van der Waals surface area contributed by atoms with Crippen molar-refractivity contribution in [3.05, 3.63) is 344 Å². The van der Waals surface area contributed by atoms with Gasteiger partial charge in [0.2, 0.25) is 0 Å². The Bertz CT molecular complexity index is 8250. The van der Waals surface area contributed by atoms with Gasteiger partial charge in [0.25, 0.3) is 6.71 Å². The lowest BCUT2D eigenvalue weighted by atomic mass is 9.33. The van der Waals surface area contributed by atoms with Crippen molar-refractivity contribution in [1.82, 2.24) is 18.3 Å². The van der Waals surface area contributed by atoms with Gasteiger partial charge in [-0.25, -0.2) is 0 Å². The van der Waals surface area contributed by atoms with Gasteiger partial charge in [-0.3, -0.25) is 0 Å². The van der Waals surface area contributed by atoms with E-state index in [0.717, 1.165) is 11.1 Å². The number of benzene rings is 15. The maximum atomic E-state index is 9.90. The van der Waals surface area contributed by atoms with Crippen LogP contribution in [0.15, 0.2) is 327 Å². The summed E-state index contributed by atoms with van der Waals surface area (Å²) in [5.74, 6) is 0. The van der Waals surface area contributed by atoms with Crippen LogP contribution in [0.25, 0.3) is 132 Å². The quantitative estimate of drug-likeness (QED) is 0.142. The van der Waals surface area contributed by atoms with E-state index in [1.807, 2.05) is 133 Å².